The summed E-state index contributed by atoms with van der Waals surface area (Å²) in [7, 11) is 5.46. The number of aliphatic hydroxyl groups is 3. The average Bonchev–Trinajstić information content (AvgIpc) is 3.79. The maximum absolute atomic E-state index is 14.3. The molecule has 0 spiro atoms. The van der Waals surface area contributed by atoms with Crippen molar-refractivity contribution in [2.45, 2.75) is 96.7 Å². The smallest absolute Gasteiger partial charge is 0.251 e. The normalized spacial score (nSPS) is 29.0. The van der Waals surface area contributed by atoms with E-state index >= 15 is 0 Å². The lowest BCUT2D eigenvalue weighted by molar-refractivity contribution is -0.183. The summed E-state index contributed by atoms with van der Waals surface area (Å²) >= 11 is 0. The second kappa shape index (κ2) is 16.9. The van der Waals surface area contributed by atoms with Crippen molar-refractivity contribution < 1.29 is 34.5 Å². The van der Waals surface area contributed by atoms with Crippen molar-refractivity contribution >= 4 is 17.5 Å². The molecule has 54 heavy (non-hydrogen) atoms. The Kier molecular flexibility index (Phi) is 12.6. The summed E-state index contributed by atoms with van der Waals surface area (Å²) < 4.78 is 6.08. The van der Waals surface area contributed by atoms with Gasteiger partial charge in [-0.15, -0.1) is 0 Å². The Balaban J connectivity index is 1.27. The van der Waals surface area contributed by atoms with Gasteiger partial charge >= 0.3 is 0 Å². The minimum atomic E-state index is -0.905. The Labute approximate surface area is 321 Å². The first-order chi connectivity index (χ1) is 25.8. The Bertz CT molecular complexity index is 1630. The summed E-state index contributed by atoms with van der Waals surface area (Å²) in [5.41, 5.74) is 3.91. The van der Waals surface area contributed by atoms with E-state index in [0.29, 0.717) is 42.0 Å². The van der Waals surface area contributed by atoms with Crippen molar-refractivity contribution in [3.8, 4) is 16.9 Å². The van der Waals surface area contributed by atoms with Crippen molar-refractivity contribution in [3.63, 3.8) is 0 Å². The van der Waals surface area contributed by atoms with Crippen LogP contribution in [0.25, 0.3) is 11.1 Å². The van der Waals surface area contributed by atoms with Gasteiger partial charge in [0.1, 0.15) is 17.9 Å². The molecule has 2 amide bonds. The monoisotopic (exact) mass is 749 g/mol. The van der Waals surface area contributed by atoms with Gasteiger partial charge in [-0.05, 0) is 99.0 Å². The molecule has 2 aliphatic heterocycles. The van der Waals surface area contributed by atoms with Gasteiger partial charge in [0.2, 0.25) is 5.91 Å². The lowest BCUT2D eigenvalue weighted by atomic mass is 9.45. The number of hydrogen-bond donors (Lipinski definition) is 5. The number of nitrogens with one attached hydrogen (secondary N) is 2. The molecule has 3 saturated carbocycles. The molecule has 0 aromatic heterocycles. The molecule has 0 unspecified atom stereocenters. The van der Waals surface area contributed by atoms with Gasteiger partial charge in [0, 0.05) is 67.6 Å². The first-order valence-electron chi connectivity index (χ1n) is 19.9. The number of ether oxygens (including phenoxy) is 1. The fourth-order valence-corrected chi connectivity index (χ4v) is 9.90. The van der Waals surface area contributed by atoms with Gasteiger partial charge in [-0.1, -0.05) is 39.0 Å². The average molecular weight is 750 g/mol. The lowest BCUT2D eigenvalue weighted by Crippen LogP contribution is -2.62. The zero-order valence-corrected chi connectivity index (χ0v) is 33.3. The van der Waals surface area contributed by atoms with Crippen molar-refractivity contribution in [2.75, 3.05) is 59.0 Å². The number of methoxy groups -OCH3 is 1. The second-order valence-corrected chi connectivity index (χ2v) is 17.1. The number of hydrogen-bond acceptors (Lipinski definition) is 10. The minimum Gasteiger partial charge on any atom is -0.496 e. The molecule has 2 bridgehead atoms. The van der Waals surface area contributed by atoms with E-state index in [0.717, 1.165) is 54.7 Å². The highest BCUT2D eigenvalue weighted by Gasteiger charge is 2.57. The molecular weight excluding hydrogens is 686 g/mol. The van der Waals surface area contributed by atoms with Crippen LogP contribution in [0, 0.1) is 29.1 Å². The zero-order valence-electron chi connectivity index (χ0n) is 33.3. The number of hydroxylamine groups is 2. The van der Waals surface area contributed by atoms with Crippen LogP contribution in [-0.4, -0.2) is 121 Å². The summed E-state index contributed by atoms with van der Waals surface area (Å²) in [4.78, 5) is 38.6. The number of amides is 2. The summed E-state index contributed by atoms with van der Waals surface area (Å²) in [5.74, 6) is 0.957. The van der Waals surface area contributed by atoms with Crippen LogP contribution in [0.2, 0.25) is 0 Å². The van der Waals surface area contributed by atoms with Crippen LogP contribution in [0.3, 0.4) is 0 Å². The van der Waals surface area contributed by atoms with Crippen molar-refractivity contribution in [2.24, 2.45) is 29.1 Å². The van der Waals surface area contributed by atoms with Gasteiger partial charge in [0.05, 0.1) is 26.4 Å². The minimum absolute atomic E-state index is 0.00892. The van der Waals surface area contributed by atoms with E-state index < -0.39 is 24.2 Å². The van der Waals surface area contributed by atoms with Gasteiger partial charge in [-0.3, -0.25) is 14.4 Å². The molecule has 0 radical (unpaired) electrons. The third kappa shape index (κ3) is 8.15. The predicted molar refractivity (Wildman–Crippen MR) is 209 cm³/mol. The molecule has 12 heteroatoms. The first kappa shape index (κ1) is 40.4. The van der Waals surface area contributed by atoms with E-state index in [1.807, 2.05) is 55.4 Å². The molecule has 12 nitrogen and oxygen atoms in total. The van der Waals surface area contributed by atoms with Gasteiger partial charge < -0.3 is 40.5 Å². The highest BCUT2D eigenvalue weighted by molar-refractivity contribution is 5.97. The van der Waals surface area contributed by atoms with Crippen LogP contribution in [0.4, 0.5) is 5.69 Å². The standard InChI is InChI=1S/C42H63N5O7/c1-25-34-20-30(42(34,3)4)21-35(25)44-41(52)38-37(26(2)50)36(24-49)54-47(38)22-27-11-10-12-33(39(27)53-7)28-17-29(19-32(18-28)45(5)6)40(51)43-31(13-16-48)23-46-14-8-9-15-46/h10-12,17-19,25-26,30-31,34-38,48-50H,8-9,13-16,20-24H2,1-7H3,(H,43,51)(H,44,52)/t25-,26-,30-,31-,34+,35-,36-,37-,38-/m0/s1. The number of fused-ring (bicyclic) bond motifs is 2. The topological polar surface area (TPSA) is 147 Å². The van der Waals surface area contributed by atoms with Crippen LogP contribution in [0.5, 0.6) is 5.75 Å². The number of benzene rings is 2. The van der Waals surface area contributed by atoms with E-state index in [1.54, 1.807) is 19.1 Å². The maximum atomic E-state index is 14.3. The van der Waals surface area contributed by atoms with Crippen LogP contribution < -0.4 is 20.3 Å². The largest absolute Gasteiger partial charge is 0.496 e. The molecule has 2 saturated heterocycles. The summed E-state index contributed by atoms with van der Waals surface area (Å²) in [5, 5.41) is 39.2. The fourth-order valence-electron chi connectivity index (χ4n) is 9.90. The van der Waals surface area contributed by atoms with Gasteiger partial charge in [-0.2, -0.15) is 5.06 Å². The number of carbonyl (C=O) groups is 2. The Morgan fingerprint density at radius 3 is 2.46 bits per heavy atom. The molecule has 5 N–H and O–H groups in total. The highest BCUT2D eigenvalue weighted by atomic mass is 16.7. The first-order valence-corrected chi connectivity index (χ1v) is 19.9. The summed E-state index contributed by atoms with van der Waals surface area (Å²) in [6, 6.07) is 10.5. The molecule has 5 aliphatic rings. The molecule has 2 aromatic carbocycles. The number of anilines is 1. The van der Waals surface area contributed by atoms with Gasteiger partial charge in [0.25, 0.3) is 5.91 Å². The number of likely N-dealkylation sites (tertiary alicyclic amines) is 1. The Morgan fingerprint density at radius 1 is 1.11 bits per heavy atom. The number of para-hydroxylation sites is 1. The van der Waals surface area contributed by atoms with E-state index in [2.05, 4.69) is 36.3 Å². The van der Waals surface area contributed by atoms with Gasteiger partial charge in [-0.25, -0.2) is 0 Å². The molecule has 3 aliphatic carbocycles. The molecular formula is C42H63N5O7. The molecule has 2 aromatic rings. The van der Waals surface area contributed by atoms with Gasteiger partial charge in [0.15, 0.2) is 0 Å². The zero-order chi connectivity index (χ0) is 38.9. The van der Waals surface area contributed by atoms with Crippen LogP contribution >= 0.6 is 0 Å². The van der Waals surface area contributed by atoms with E-state index in [-0.39, 0.29) is 49.1 Å². The Hall–Kier alpha value is -3.26. The molecule has 7 rings (SSSR count). The van der Waals surface area contributed by atoms with Crippen LogP contribution in [-0.2, 0) is 16.2 Å². The lowest BCUT2D eigenvalue weighted by Gasteiger charge is -2.62. The quantitative estimate of drug-likeness (QED) is 0.183. The van der Waals surface area contributed by atoms with E-state index in [4.69, 9.17) is 9.57 Å². The summed E-state index contributed by atoms with van der Waals surface area (Å²) in [6.07, 6.45) is 3.23. The van der Waals surface area contributed by atoms with Crippen molar-refractivity contribution in [3.05, 3.63) is 47.5 Å². The van der Waals surface area contributed by atoms with Crippen molar-refractivity contribution in [1.82, 2.24) is 20.6 Å². The third-order valence-electron chi connectivity index (χ3n) is 13.2. The number of carbonyl (C=O) groups excluding carboxylic acids is 2. The summed E-state index contributed by atoms with van der Waals surface area (Å²) in [6.45, 7) is 11.1. The molecule has 2 heterocycles. The molecule has 5 fully saturated rings. The third-order valence-corrected chi connectivity index (χ3v) is 13.2. The highest BCUT2D eigenvalue weighted by Crippen LogP contribution is 2.61. The van der Waals surface area contributed by atoms with Crippen LogP contribution in [0.15, 0.2) is 36.4 Å². The molecule has 298 valence electrons. The van der Waals surface area contributed by atoms with Crippen LogP contribution in [0.1, 0.15) is 75.7 Å². The molecule has 9 atom stereocenters. The van der Waals surface area contributed by atoms with E-state index in [1.165, 1.54) is 6.42 Å². The SMILES string of the molecule is COc1c(CN2O[C@@H](CO)[C@H]([C@H](C)O)[C@H]2C(=O)N[C@H]2C[C@@H]3C[C@H]([C@@H]2C)C3(C)C)cccc1-c1cc(C(=O)N[C@@H](CCO)CN2CCCC2)cc(N(C)C)c1. The predicted octanol–water partition coefficient (Wildman–Crippen LogP) is 3.67. The number of rotatable bonds is 15. The fraction of sp³-hybridized carbons (Fsp3) is 0.667. The van der Waals surface area contributed by atoms with E-state index in [9.17, 15) is 24.9 Å². The maximum Gasteiger partial charge on any atom is 0.251 e. The number of aliphatic hydroxyl groups excluding tert-OH is 3. The number of nitrogens with zero attached hydrogens (tertiary/aromatic N) is 3. The second-order valence-electron chi connectivity index (χ2n) is 17.1. The Morgan fingerprint density at radius 2 is 1.85 bits per heavy atom. The van der Waals surface area contributed by atoms with Crippen molar-refractivity contribution in [1.29, 1.82) is 0 Å².